The molecule has 0 saturated carbocycles. The smallest absolute Gasteiger partial charge is 0.136 e. The van der Waals surface area contributed by atoms with Crippen molar-refractivity contribution in [3.8, 4) is 18.2 Å². The molecule has 3 heteroatoms. The minimum Gasteiger partial charge on any atom is -0.193 e. The minimum absolute atomic E-state index is 0.0773. The minimum atomic E-state index is 0.0773. The summed E-state index contributed by atoms with van der Waals surface area (Å²) < 4.78 is 0. The molecule has 0 radical (unpaired) electrons. The molecule has 1 aromatic carbocycles. The van der Waals surface area contributed by atoms with Gasteiger partial charge in [0.25, 0.3) is 0 Å². The van der Waals surface area contributed by atoms with Crippen molar-refractivity contribution in [1.29, 1.82) is 15.8 Å². The summed E-state index contributed by atoms with van der Waals surface area (Å²) in [5.41, 5.74) is 0.0773. The highest BCUT2D eigenvalue weighted by atomic mass is 14.3. The van der Waals surface area contributed by atoms with Gasteiger partial charge in [0.15, 0.2) is 0 Å². The summed E-state index contributed by atoms with van der Waals surface area (Å²) in [5.74, 6) is 0. The van der Waals surface area contributed by atoms with Crippen molar-refractivity contribution in [2.24, 2.45) is 0 Å². The second kappa shape index (κ2) is 4.45. The lowest BCUT2D eigenvalue weighted by molar-refractivity contribution is 1.47. The highest BCUT2D eigenvalue weighted by Crippen LogP contribution is 1.84. The van der Waals surface area contributed by atoms with Gasteiger partial charge in [-0.25, -0.2) is 0 Å². The maximum Gasteiger partial charge on any atom is 0.136 e. The zero-order valence-electron chi connectivity index (χ0n) is 7.23. The molecule has 1 aromatic rings. The topological polar surface area (TPSA) is 71.4 Å². The van der Waals surface area contributed by atoms with Crippen LogP contribution in [0, 0.1) is 34.0 Å². The van der Waals surface area contributed by atoms with Crippen LogP contribution in [0.25, 0.3) is 11.6 Å². The Balaban J connectivity index is 3.43. The van der Waals surface area contributed by atoms with Gasteiger partial charge in [-0.15, -0.1) is 0 Å². The Labute approximate surface area is 81.1 Å². The summed E-state index contributed by atoms with van der Waals surface area (Å²) >= 11 is 0. The fraction of sp³-hybridized carbons (Fsp3) is 0. The summed E-state index contributed by atoms with van der Waals surface area (Å²) in [6, 6.07) is 12.2. The van der Waals surface area contributed by atoms with E-state index in [9.17, 15) is 0 Å². The van der Waals surface area contributed by atoms with Crippen molar-refractivity contribution < 1.29 is 0 Å². The first-order valence-corrected chi connectivity index (χ1v) is 3.82. The average molecular weight is 179 g/mol. The normalized spacial score (nSPS) is 7.79. The second-order valence-electron chi connectivity index (χ2n) is 2.49. The molecule has 0 aliphatic carbocycles. The van der Waals surface area contributed by atoms with E-state index in [1.165, 1.54) is 6.08 Å². The fourth-order valence-electron chi connectivity index (χ4n) is 0.975. The third-order valence-electron chi connectivity index (χ3n) is 1.65. The first kappa shape index (κ1) is 9.52. The quantitative estimate of drug-likeness (QED) is 0.570. The van der Waals surface area contributed by atoms with E-state index in [-0.39, 0.29) is 5.57 Å². The van der Waals surface area contributed by atoms with E-state index in [0.29, 0.717) is 5.22 Å². The number of nitriles is 3. The molecule has 0 aliphatic heterocycles. The first-order chi connectivity index (χ1) is 6.81. The standard InChI is InChI=1S/C11H5N3/c12-6-5-9-1-3-10(4-2-9)11(7-13)8-14/h1-5H. The molecule has 0 unspecified atom stereocenters. The lowest BCUT2D eigenvalue weighted by Gasteiger charge is -1.85. The fourth-order valence-corrected chi connectivity index (χ4v) is 0.975. The highest BCUT2D eigenvalue weighted by molar-refractivity contribution is 5.72. The number of nitrogens with zero attached hydrogens (tertiary/aromatic N) is 3. The van der Waals surface area contributed by atoms with Crippen LogP contribution in [0.15, 0.2) is 24.3 Å². The lowest BCUT2D eigenvalue weighted by atomic mass is 10.2. The van der Waals surface area contributed by atoms with Crippen LogP contribution in [0.5, 0.6) is 0 Å². The van der Waals surface area contributed by atoms with Gasteiger partial charge in [-0.1, -0.05) is 24.3 Å². The molecular weight excluding hydrogens is 174 g/mol. The third kappa shape index (κ3) is 1.97. The van der Waals surface area contributed by atoms with Crippen molar-refractivity contribution in [1.82, 2.24) is 0 Å². The molecule has 0 fully saturated rings. The first-order valence-electron chi connectivity index (χ1n) is 3.82. The summed E-state index contributed by atoms with van der Waals surface area (Å²) in [4.78, 5) is 0. The SMILES string of the molecule is N#CC=c1ccc(=C(C#N)C#N)cc1. The van der Waals surface area contributed by atoms with Crippen molar-refractivity contribution in [3.63, 3.8) is 0 Å². The summed E-state index contributed by atoms with van der Waals surface area (Å²) in [5, 5.41) is 26.9. The zero-order valence-corrected chi connectivity index (χ0v) is 7.23. The van der Waals surface area contributed by atoms with E-state index < -0.39 is 0 Å². The van der Waals surface area contributed by atoms with Crippen LogP contribution >= 0.6 is 0 Å². The molecule has 14 heavy (non-hydrogen) atoms. The molecule has 3 nitrogen and oxygen atoms in total. The summed E-state index contributed by atoms with van der Waals surface area (Å²) in [6.07, 6.45) is 1.39. The number of benzene rings is 1. The van der Waals surface area contributed by atoms with Crippen molar-refractivity contribution in [2.75, 3.05) is 0 Å². The molecule has 1 rings (SSSR count). The van der Waals surface area contributed by atoms with Crippen LogP contribution in [0.2, 0.25) is 0 Å². The van der Waals surface area contributed by atoms with E-state index in [4.69, 9.17) is 15.8 Å². The molecule has 0 aromatic heterocycles. The Hall–Kier alpha value is -2.57. The van der Waals surface area contributed by atoms with Gasteiger partial charge >= 0.3 is 0 Å². The van der Waals surface area contributed by atoms with Gasteiger partial charge in [0, 0.05) is 11.3 Å². The van der Waals surface area contributed by atoms with E-state index in [1.54, 1.807) is 36.4 Å². The van der Waals surface area contributed by atoms with Crippen molar-refractivity contribution in [2.45, 2.75) is 0 Å². The van der Waals surface area contributed by atoms with Gasteiger partial charge in [-0.2, -0.15) is 15.8 Å². The molecule has 0 amide bonds. The molecule has 0 atom stereocenters. The maximum atomic E-state index is 8.58. The molecule has 0 aliphatic rings. The predicted octanol–water partition coefficient (Wildman–Crippen LogP) is 0.189. The third-order valence-corrected chi connectivity index (χ3v) is 1.65. The van der Waals surface area contributed by atoms with E-state index in [2.05, 4.69) is 0 Å². The van der Waals surface area contributed by atoms with Gasteiger partial charge < -0.3 is 0 Å². The van der Waals surface area contributed by atoms with Gasteiger partial charge in [0.2, 0.25) is 0 Å². The van der Waals surface area contributed by atoms with Crippen LogP contribution in [0.4, 0.5) is 0 Å². The van der Waals surface area contributed by atoms with Gasteiger partial charge in [-0.3, -0.25) is 0 Å². The number of hydrogen-bond acceptors (Lipinski definition) is 3. The van der Waals surface area contributed by atoms with Gasteiger partial charge in [0.05, 0.1) is 6.07 Å². The van der Waals surface area contributed by atoms with Crippen LogP contribution in [0.3, 0.4) is 0 Å². The Kier molecular flexibility index (Phi) is 3.03. The summed E-state index contributed by atoms with van der Waals surface area (Å²) in [6.45, 7) is 0. The van der Waals surface area contributed by atoms with Crippen molar-refractivity contribution >= 4 is 11.6 Å². The predicted molar refractivity (Wildman–Crippen MR) is 50.4 cm³/mol. The van der Waals surface area contributed by atoms with Crippen LogP contribution in [0.1, 0.15) is 0 Å². The summed E-state index contributed by atoms with van der Waals surface area (Å²) in [7, 11) is 0. The maximum absolute atomic E-state index is 8.58. The Morgan fingerprint density at radius 3 is 2.00 bits per heavy atom. The largest absolute Gasteiger partial charge is 0.193 e. The van der Waals surface area contributed by atoms with Gasteiger partial charge in [0.1, 0.15) is 17.7 Å². The Morgan fingerprint density at radius 1 is 1.00 bits per heavy atom. The van der Waals surface area contributed by atoms with Crippen molar-refractivity contribution in [3.05, 3.63) is 34.7 Å². The number of rotatable bonds is 0. The van der Waals surface area contributed by atoms with Gasteiger partial charge in [-0.05, 0) is 5.22 Å². The second-order valence-corrected chi connectivity index (χ2v) is 2.49. The Bertz CT molecular complexity index is 537. The zero-order chi connectivity index (χ0) is 10.4. The molecule has 0 heterocycles. The molecule has 0 bridgehead atoms. The molecule has 64 valence electrons. The van der Waals surface area contributed by atoms with E-state index in [1.807, 2.05) is 6.07 Å². The molecule has 0 saturated heterocycles. The molecule has 0 N–H and O–H groups in total. The number of hydrogen-bond donors (Lipinski definition) is 0. The lowest BCUT2D eigenvalue weighted by Crippen LogP contribution is -2.08. The van der Waals surface area contributed by atoms with Crippen LogP contribution in [-0.2, 0) is 0 Å². The molecular formula is C11H5N3. The van der Waals surface area contributed by atoms with Crippen LogP contribution in [-0.4, -0.2) is 0 Å². The van der Waals surface area contributed by atoms with E-state index >= 15 is 0 Å². The molecule has 0 spiro atoms. The van der Waals surface area contributed by atoms with E-state index in [0.717, 1.165) is 5.22 Å². The Morgan fingerprint density at radius 2 is 1.57 bits per heavy atom. The highest BCUT2D eigenvalue weighted by Gasteiger charge is 1.91. The monoisotopic (exact) mass is 179 g/mol. The van der Waals surface area contributed by atoms with Crippen LogP contribution < -0.4 is 10.4 Å². The average Bonchev–Trinajstić information content (AvgIpc) is 2.23.